The number of hydrogen-bond acceptors (Lipinski definition) is 1. The van der Waals surface area contributed by atoms with Gasteiger partial charge in [0.05, 0.1) is 0 Å². The lowest BCUT2D eigenvalue weighted by Gasteiger charge is -2.37. The van der Waals surface area contributed by atoms with E-state index in [1.165, 1.54) is 57.8 Å². The summed E-state index contributed by atoms with van der Waals surface area (Å²) in [4.78, 5) is 10.8. The molecule has 2 fully saturated rings. The predicted octanol–water partition coefficient (Wildman–Crippen LogP) is 5.26. The first-order chi connectivity index (χ1) is 9.69. The Balaban J connectivity index is 1.66. The van der Waals surface area contributed by atoms with Gasteiger partial charge in [0.2, 0.25) is 0 Å². The van der Waals surface area contributed by atoms with Crippen molar-refractivity contribution in [2.24, 2.45) is 23.7 Å². The van der Waals surface area contributed by atoms with E-state index in [0.29, 0.717) is 12.3 Å². The third-order valence-electron chi connectivity index (χ3n) is 5.88. The van der Waals surface area contributed by atoms with Crippen molar-refractivity contribution in [2.45, 2.75) is 84.0 Å². The first-order valence-electron chi connectivity index (χ1n) is 8.90. The molecule has 0 saturated heterocycles. The van der Waals surface area contributed by atoms with Crippen LogP contribution in [-0.4, -0.2) is 11.1 Å². The van der Waals surface area contributed by atoms with Crippen LogP contribution in [0, 0.1) is 23.7 Å². The van der Waals surface area contributed by atoms with Crippen molar-refractivity contribution in [3.05, 3.63) is 0 Å². The van der Waals surface area contributed by atoms with Gasteiger partial charge in [-0.25, -0.2) is 0 Å². The number of rotatable bonds is 6. The summed E-state index contributed by atoms with van der Waals surface area (Å²) in [5.41, 5.74) is 0. The Morgan fingerprint density at radius 3 is 1.85 bits per heavy atom. The van der Waals surface area contributed by atoms with E-state index < -0.39 is 5.97 Å². The SMILES string of the molecule is CCCC[C@H]1CC[C@H]([C@H]2CC[C@H](CC(=O)O)CC2)CC1. The average Bonchev–Trinajstić information content (AvgIpc) is 2.46. The van der Waals surface area contributed by atoms with Crippen molar-refractivity contribution in [3.63, 3.8) is 0 Å². The van der Waals surface area contributed by atoms with Crippen molar-refractivity contribution in [2.75, 3.05) is 0 Å². The molecule has 0 atom stereocenters. The predicted molar refractivity (Wildman–Crippen MR) is 82.7 cm³/mol. The van der Waals surface area contributed by atoms with Crippen molar-refractivity contribution in [1.29, 1.82) is 0 Å². The highest BCUT2D eigenvalue weighted by Crippen LogP contribution is 2.42. The molecule has 116 valence electrons. The number of hydrogen-bond donors (Lipinski definition) is 1. The summed E-state index contributed by atoms with van der Waals surface area (Å²) in [6.07, 6.45) is 15.3. The molecule has 0 spiro atoms. The molecule has 2 rings (SSSR count). The number of unbranched alkanes of at least 4 members (excludes halogenated alkanes) is 1. The van der Waals surface area contributed by atoms with Gasteiger partial charge >= 0.3 is 5.97 Å². The molecule has 0 amide bonds. The maximum atomic E-state index is 10.8. The smallest absolute Gasteiger partial charge is 0.303 e. The van der Waals surface area contributed by atoms with Crippen molar-refractivity contribution in [1.82, 2.24) is 0 Å². The third-order valence-corrected chi connectivity index (χ3v) is 5.88. The number of carboxylic acid groups (broad SMARTS) is 1. The van der Waals surface area contributed by atoms with Crippen molar-refractivity contribution in [3.8, 4) is 0 Å². The fourth-order valence-corrected chi connectivity index (χ4v) is 4.55. The Morgan fingerprint density at radius 1 is 0.900 bits per heavy atom. The van der Waals surface area contributed by atoms with Crippen molar-refractivity contribution >= 4 is 5.97 Å². The van der Waals surface area contributed by atoms with E-state index in [1.807, 2.05) is 0 Å². The van der Waals surface area contributed by atoms with Gasteiger partial charge in [0.15, 0.2) is 0 Å². The van der Waals surface area contributed by atoms with Gasteiger partial charge in [-0.15, -0.1) is 0 Å². The molecule has 0 aromatic heterocycles. The molecular weight excluding hydrogens is 248 g/mol. The highest BCUT2D eigenvalue weighted by atomic mass is 16.4. The molecule has 0 bridgehead atoms. The first kappa shape index (κ1) is 15.9. The van der Waals surface area contributed by atoms with E-state index in [4.69, 9.17) is 5.11 Å². The normalized spacial score (nSPS) is 34.9. The zero-order valence-electron chi connectivity index (χ0n) is 13.2. The van der Waals surface area contributed by atoms with Crippen LogP contribution in [0.25, 0.3) is 0 Å². The summed E-state index contributed by atoms with van der Waals surface area (Å²) in [6, 6.07) is 0. The molecule has 2 aliphatic carbocycles. The summed E-state index contributed by atoms with van der Waals surface area (Å²) >= 11 is 0. The molecule has 2 heteroatoms. The van der Waals surface area contributed by atoms with Gasteiger partial charge in [-0.2, -0.15) is 0 Å². The van der Waals surface area contributed by atoms with E-state index in [9.17, 15) is 4.79 Å². The van der Waals surface area contributed by atoms with Crippen LogP contribution in [0.2, 0.25) is 0 Å². The topological polar surface area (TPSA) is 37.3 Å². The molecule has 0 aromatic rings. The Kier molecular flexibility index (Phi) is 6.38. The molecule has 2 saturated carbocycles. The molecule has 0 aromatic carbocycles. The van der Waals surface area contributed by atoms with Gasteiger partial charge in [-0.05, 0) is 62.2 Å². The lowest BCUT2D eigenvalue weighted by atomic mass is 9.68. The molecule has 20 heavy (non-hydrogen) atoms. The van der Waals surface area contributed by atoms with Crippen LogP contribution >= 0.6 is 0 Å². The maximum absolute atomic E-state index is 10.8. The van der Waals surface area contributed by atoms with Crippen LogP contribution in [0.3, 0.4) is 0 Å². The van der Waals surface area contributed by atoms with Gasteiger partial charge in [0.25, 0.3) is 0 Å². The zero-order valence-corrected chi connectivity index (χ0v) is 13.2. The van der Waals surface area contributed by atoms with E-state index >= 15 is 0 Å². The fraction of sp³-hybridized carbons (Fsp3) is 0.944. The molecule has 1 N–H and O–H groups in total. The summed E-state index contributed by atoms with van der Waals surface area (Å²) in [5.74, 6) is 2.73. The Morgan fingerprint density at radius 2 is 1.40 bits per heavy atom. The summed E-state index contributed by atoms with van der Waals surface area (Å²) in [6.45, 7) is 2.29. The molecule has 0 heterocycles. The number of carboxylic acids is 1. The van der Waals surface area contributed by atoms with Crippen molar-refractivity contribution < 1.29 is 9.90 Å². The highest BCUT2D eigenvalue weighted by Gasteiger charge is 2.31. The first-order valence-corrected chi connectivity index (χ1v) is 8.90. The average molecular weight is 280 g/mol. The summed E-state index contributed by atoms with van der Waals surface area (Å²) in [7, 11) is 0. The Labute approximate surface area is 124 Å². The van der Waals surface area contributed by atoms with Gasteiger partial charge < -0.3 is 5.11 Å². The van der Waals surface area contributed by atoms with Crippen LogP contribution in [0.5, 0.6) is 0 Å². The molecule has 2 aliphatic rings. The van der Waals surface area contributed by atoms with Crippen LogP contribution in [-0.2, 0) is 4.79 Å². The van der Waals surface area contributed by atoms with Gasteiger partial charge in [0.1, 0.15) is 0 Å². The summed E-state index contributed by atoms with van der Waals surface area (Å²) in [5, 5.41) is 8.88. The van der Waals surface area contributed by atoms with Gasteiger partial charge in [-0.3, -0.25) is 4.79 Å². The van der Waals surface area contributed by atoms with E-state index in [0.717, 1.165) is 30.6 Å². The lowest BCUT2D eigenvalue weighted by Crippen LogP contribution is -2.26. The van der Waals surface area contributed by atoms with Crippen LogP contribution in [0.4, 0.5) is 0 Å². The minimum Gasteiger partial charge on any atom is -0.481 e. The quantitative estimate of drug-likeness (QED) is 0.720. The second-order valence-electron chi connectivity index (χ2n) is 7.30. The second kappa shape index (κ2) is 8.05. The third kappa shape index (κ3) is 4.79. The van der Waals surface area contributed by atoms with Crippen LogP contribution in [0.15, 0.2) is 0 Å². The van der Waals surface area contributed by atoms with Crippen LogP contribution < -0.4 is 0 Å². The molecule has 0 radical (unpaired) electrons. The number of aliphatic carboxylic acids is 1. The van der Waals surface area contributed by atoms with Gasteiger partial charge in [0, 0.05) is 6.42 Å². The van der Waals surface area contributed by atoms with Crippen LogP contribution in [0.1, 0.15) is 84.0 Å². The largest absolute Gasteiger partial charge is 0.481 e. The Bertz CT molecular complexity index is 284. The Hall–Kier alpha value is -0.530. The van der Waals surface area contributed by atoms with E-state index in [-0.39, 0.29) is 0 Å². The second-order valence-corrected chi connectivity index (χ2v) is 7.30. The minimum absolute atomic E-state index is 0.399. The fourth-order valence-electron chi connectivity index (χ4n) is 4.55. The van der Waals surface area contributed by atoms with Gasteiger partial charge in [-0.1, -0.05) is 39.0 Å². The maximum Gasteiger partial charge on any atom is 0.303 e. The lowest BCUT2D eigenvalue weighted by molar-refractivity contribution is -0.138. The minimum atomic E-state index is -0.607. The standard InChI is InChI=1S/C18H32O2/c1-2-3-4-14-5-9-16(10-6-14)17-11-7-15(8-12-17)13-18(19)20/h14-17H,2-13H2,1H3,(H,19,20)/t14-,15-,16-,17-. The molecule has 0 aliphatic heterocycles. The zero-order chi connectivity index (χ0) is 14.4. The molecular formula is C18H32O2. The molecule has 0 unspecified atom stereocenters. The van der Waals surface area contributed by atoms with E-state index in [1.54, 1.807) is 0 Å². The molecule has 2 nitrogen and oxygen atoms in total. The monoisotopic (exact) mass is 280 g/mol. The summed E-state index contributed by atoms with van der Waals surface area (Å²) < 4.78 is 0. The van der Waals surface area contributed by atoms with E-state index in [2.05, 4.69) is 6.92 Å². The highest BCUT2D eigenvalue weighted by molar-refractivity contribution is 5.67. The number of carbonyl (C=O) groups is 1.